The van der Waals surface area contributed by atoms with Gasteiger partial charge in [-0.25, -0.2) is 9.18 Å². The van der Waals surface area contributed by atoms with E-state index >= 15 is 0 Å². The number of esters is 1. The highest BCUT2D eigenvalue weighted by Crippen LogP contribution is 2.40. The topological polar surface area (TPSA) is 94.6 Å². The summed E-state index contributed by atoms with van der Waals surface area (Å²) in [6.45, 7) is 3.49. The number of nitrogens with two attached hydrogens (primary N) is 1. The highest BCUT2D eigenvalue weighted by Gasteiger charge is 2.36. The number of hydrogen-bond acceptors (Lipinski definition) is 6. The van der Waals surface area contributed by atoms with E-state index in [9.17, 15) is 14.4 Å². The summed E-state index contributed by atoms with van der Waals surface area (Å²) in [5.41, 5.74) is 6.89. The van der Waals surface area contributed by atoms with Crippen LogP contribution in [0.2, 0.25) is 0 Å². The molecule has 2 aromatic rings. The molecular formula is C22H19FN2O4. The number of allylic oxidation sites excluding steroid dienone is 2. The number of nitriles is 1. The lowest BCUT2D eigenvalue weighted by Crippen LogP contribution is -2.25. The fourth-order valence-electron chi connectivity index (χ4n) is 3.06. The Bertz CT molecular complexity index is 1020. The highest BCUT2D eigenvalue weighted by atomic mass is 19.1. The third kappa shape index (κ3) is 4.22. The van der Waals surface area contributed by atoms with E-state index in [4.69, 9.17) is 19.9 Å². The van der Waals surface area contributed by atoms with E-state index in [1.807, 2.05) is 6.07 Å². The molecular weight excluding hydrogens is 375 g/mol. The van der Waals surface area contributed by atoms with E-state index in [0.29, 0.717) is 17.1 Å². The first kappa shape index (κ1) is 20.0. The Labute approximate surface area is 167 Å². The van der Waals surface area contributed by atoms with Gasteiger partial charge in [0.1, 0.15) is 34.7 Å². The Morgan fingerprint density at radius 1 is 1.17 bits per heavy atom. The molecule has 1 aliphatic heterocycles. The molecule has 0 radical (unpaired) electrons. The molecule has 0 amide bonds. The average molecular weight is 394 g/mol. The molecule has 6 nitrogen and oxygen atoms in total. The van der Waals surface area contributed by atoms with E-state index in [2.05, 4.69) is 0 Å². The third-order valence-corrected chi connectivity index (χ3v) is 4.36. The number of benzene rings is 2. The minimum absolute atomic E-state index is 0.0466. The molecule has 1 heterocycles. The lowest BCUT2D eigenvalue weighted by Gasteiger charge is -2.26. The maximum Gasteiger partial charge on any atom is 0.338 e. The summed E-state index contributed by atoms with van der Waals surface area (Å²) >= 11 is 0. The molecule has 0 bridgehead atoms. The van der Waals surface area contributed by atoms with Crippen molar-refractivity contribution in [1.82, 2.24) is 0 Å². The standard InChI is InChI=1S/C22H19FN2O4/c1-3-27-22(26)19-13(2)28-21(25)18(12-24)20(19)14-4-8-16(9-5-14)29-17-10-6-15(23)7-11-17/h4-11,20H,3,25H2,1-2H3. The minimum Gasteiger partial charge on any atom is -0.463 e. The van der Waals surface area contributed by atoms with E-state index in [-0.39, 0.29) is 35.2 Å². The molecule has 1 atom stereocenters. The van der Waals surface area contributed by atoms with Crippen LogP contribution in [0.4, 0.5) is 4.39 Å². The van der Waals surface area contributed by atoms with Gasteiger partial charge in [0, 0.05) is 0 Å². The monoisotopic (exact) mass is 394 g/mol. The minimum atomic E-state index is -0.715. The van der Waals surface area contributed by atoms with Crippen molar-refractivity contribution in [2.75, 3.05) is 6.61 Å². The molecule has 148 valence electrons. The van der Waals surface area contributed by atoms with E-state index in [1.54, 1.807) is 38.1 Å². The number of rotatable bonds is 5. The summed E-state index contributed by atoms with van der Waals surface area (Å²) in [6.07, 6.45) is 0. The van der Waals surface area contributed by atoms with Gasteiger partial charge in [-0.05, 0) is 55.8 Å². The molecule has 1 aliphatic rings. The Balaban J connectivity index is 1.94. The molecule has 2 aromatic carbocycles. The number of halogens is 1. The lowest BCUT2D eigenvalue weighted by molar-refractivity contribution is -0.139. The zero-order chi connectivity index (χ0) is 21.0. The van der Waals surface area contributed by atoms with Crippen LogP contribution in [-0.4, -0.2) is 12.6 Å². The second kappa shape index (κ2) is 8.48. The summed E-state index contributed by atoms with van der Waals surface area (Å²) in [5.74, 6) is -0.397. The van der Waals surface area contributed by atoms with Crippen LogP contribution in [-0.2, 0) is 14.3 Å². The fourth-order valence-corrected chi connectivity index (χ4v) is 3.06. The van der Waals surface area contributed by atoms with Crippen molar-refractivity contribution in [2.45, 2.75) is 19.8 Å². The van der Waals surface area contributed by atoms with Crippen molar-refractivity contribution in [2.24, 2.45) is 5.73 Å². The third-order valence-electron chi connectivity index (χ3n) is 4.36. The first-order valence-corrected chi connectivity index (χ1v) is 8.93. The van der Waals surface area contributed by atoms with Crippen molar-refractivity contribution < 1.29 is 23.4 Å². The normalized spacial score (nSPS) is 16.1. The summed E-state index contributed by atoms with van der Waals surface area (Å²) in [4.78, 5) is 12.5. The van der Waals surface area contributed by atoms with Gasteiger partial charge in [-0.3, -0.25) is 0 Å². The van der Waals surface area contributed by atoms with Gasteiger partial charge in [-0.15, -0.1) is 0 Å². The fraction of sp³-hybridized carbons (Fsp3) is 0.182. The molecule has 7 heteroatoms. The van der Waals surface area contributed by atoms with Crippen molar-refractivity contribution in [3.63, 3.8) is 0 Å². The highest BCUT2D eigenvalue weighted by molar-refractivity contribution is 5.92. The van der Waals surface area contributed by atoms with Crippen LogP contribution >= 0.6 is 0 Å². The smallest absolute Gasteiger partial charge is 0.338 e. The van der Waals surface area contributed by atoms with Gasteiger partial charge in [0.25, 0.3) is 0 Å². The van der Waals surface area contributed by atoms with Crippen LogP contribution in [0.15, 0.2) is 71.3 Å². The van der Waals surface area contributed by atoms with Crippen molar-refractivity contribution in [1.29, 1.82) is 5.26 Å². The van der Waals surface area contributed by atoms with Crippen LogP contribution < -0.4 is 10.5 Å². The number of ether oxygens (including phenoxy) is 3. The second-order valence-electron chi connectivity index (χ2n) is 6.24. The quantitative estimate of drug-likeness (QED) is 0.762. The number of carbonyl (C=O) groups is 1. The Morgan fingerprint density at radius 3 is 2.31 bits per heavy atom. The SMILES string of the molecule is CCOC(=O)C1=C(C)OC(N)=C(C#N)C1c1ccc(Oc2ccc(F)cc2)cc1. The zero-order valence-corrected chi connectivity index (χ0v) is 15.9. The molecule has 0 saturated carbocycles. The van der Waals surface area contributed by atoms with Gasteiger partial charge in [-0.2, -0.15) is 5.26 Å². The van der Waals surface area contributed by atoms with Gasteiger partial charge in [0.15, 0.2) is 0 Å². The molecule has 2 N–H and O–H groups in total. The molecule has 0 spiro atoms. The van der Waals surface area contributed by atoms with Crippen LogP contribution in [0.1, 0.15) is 25.3 Å². The number of nitrogens with zero attached hydrogens (tertiary/aromatic N) is 1. The van der Waals surface area contributed by atoms with Crippen LogP contribution in [0.25, 0.3) is 0 Å². The first-order chi connectivity index (χ1) is 13.9. The van der Waals surface area contributed by atoms with E-state index in [1.165, 1.54) is 24.3 Å². The predicted octanol–water partition coefficient (Wildman–Crippen LogP) is 4.26. The Kier molecular flexibility index (Phi) is 5.84. The van der Waals surface area contributed by atoms with Crippen LogP contribution in [0.3, 0.4) is 0 Å². The number of carbonyl (C=O) groups excluding carboxylic acids is 1. The molecule has 3 rings (SSSR count). The summed E-state index contributed by atoms with van der Waals surface area (Å²) in [6, 6.07) is 14.5. The van der Waals surface area contributed by atoms with Gasteiger partial charge in [0.2, 0.25) is 5.88 Å². The molecule has 29 heavy (non-hydrogen) atoms. The van der Waals surface area contributed by atoms with Gasteiger partial charge >= 0.3 is 5.97 Å². The van der Waals surface area contributed by atoms with Crippen molar-refractivity contribution in [3.8, 4) is 17.6 Å². The molecule has 1 unspecified atom stereocenters. The maximum atomic E-state index is 13.0. The maximum absolute atomic E-state index is 13.0. The largest absolute Gasteiger partial charge is 0.463 e. The van der Waals surface area contributed by atoms with Crippen LogP contribution in [0, 0.1) is 17.1 Å². The second-order valence-corrected chi connectivity index (χ2v) is 6.24. The van der Waals surface area contributed by atoms with Gasteiger partial charge in [-0.1, -0.05) is 12.1 Å². The molecule has 0 aromatic heterocycles. The molecule has 0 fully saturated rings. The van der Waals surface area contributed by atoms with E-state index in [0.717, 1.165) is 0 Å². The van der Waals surface area contributed by atoms with Gasteiger partial charge in [0.05, 0.1) is 18.1 Å². The molecule has 0 aliphatic carbocycles. The predicted molar refractivity (Wildman–Crippen MR) is 103 cm³/mol. The zero-order valence-electron chi connectivity index (χ0n) is 15.9. The summed E-state index contributed by atoms with van der Waals surface area (Å²) < 4.78 is 29.2. The number of hydrogen-bond donors (Lipinski definition) is 1. The van der Waals surface area contributed by atoms with Crippen LogP contribution in [0.5, 0.6) is 11.5 Å². The Morgan fingerprint density at radius 2 is 1.76 bits per heavy atom. The van der Waals surface area contributed by atoms with E-state index < -0.39 is 11.9 Å². The first-order valence-electron chi connectivity index (χ1n) is 8.93. The molecule has 0 saturated heterocycles. The summed E-state index contributed by atoms with van der Waals surface area (Å²) in [5, 5.41) is 9.58. The van der Waals surface area contributed by atoms with Gasteiger partial charge < -0.3 is 19.9 Å². The average Bonchev–Trinajstić information content (AvgIpc) is 2.70. The summed E-state index contributed by atoms with van der Waals surface area (Å²) in [7, 11) is 0. The van der Waals surface area contributed by atoms with Crippen molar-refractivity contribution >= 4 is 5.97 Å². The lowest BCUT2D eigenvalue weighted by atomic mass is 9.83. The Hall–Kier alpha value is -3.79. The van der Waals surface area contributed by atoms with Crippen molar-refractivity contribution in [3.05, 3.63) is 82.7 Å².